The second-order valence-electron chi connectivity index (χ2n) is 4.73. The maximum Gasteiger partial charge on any atom is 0.360 e. The Kier molecular flexibility index (Phi) is 7.14. The molecule has 4 N–H and O–H groups in total. The first-order valence-corrected chi connectivity index (χ1v) is 7.44. The molecule has 124 valence electrons. The summed E-state index contributed by atoms with van der Waals surface area (Å²) in [7, 11) is 0. The number of hydrogen-bond donors (Lipinski definition) is 3. The minimum Gasteiger partial charge on any atom is -0.461 e. The van der Waals surface area contributed by atoms with Crippen molar-refractivity contribution in [2.45, 2.75) is 27.7 Å². The number of para-hydroxylation sites is 1. The van der Waals surface area contributed by atoms with Gasteiger partial charge in [0.1, 0.15) is 0 Å². The number of rotatable bonds is 6. The van der Waals surface area contributed by atoms with Crippen LogP contribution in [0.1, 0.15) is 25.0 Å². The number of nitrogens with two attached hydrogens (primary N) is 1. The van der Waals surface area contributed by atoms with E-state index in [0.717, 1.165) is 16.8 Å². The predicted octanol–water partition coefficient (Wildman–Crippen LogP) is 1.84. The van der Waals surface area contributed by atoms with Crippen LogP contribution >= 0.6 is 12.2 Å². The summed E-state index contributed by atoms with van der Waals surface area (Å²) in [6.45, 7) is 7.45. The van der Waals surface area contributed by atoms with Crippen molar-refractivity contribution >= 4 is 40.4 Å². The molecule has 0 radical (unpaired) electrons. The standard InChI is InChI=1S/C15H21N5O2S/c1-5-22-14(21)13(11(4)17-20-15(16)23)19-18-12-9(2)7-6-8-10(12)3/h6-8,18H,5H2,1-4H3,(H3,16,20,23)/b17-11-,19-13+. The number of ether oxygens (including phenoxy) is 1. The third-order valence-electron chi connectivity index (χ3n) is 2.91. The van der Waals surface area contributed by atoms with Crippen molar-refractivity contribution in [3.05, 3.63) is 29.3 Å². The van der Waals surface area contributed by atoms with E-state index in [1.165, 1.54) is 0 Å². The number of carbonyl (C=O) groups excluding carboxylic acids is 1. The van der Waals surface area contributed by atoms with E-state index >= 15 is 0 Å². The molecule has 23 heavy (non-hydrogen) atoms. The lowest BCUT2D eigenvalue weighted by atomic mass is 10.1. The third kappa shape index (κ3) is 5.67. The summed E-state index contributed by atoms with van der Waals surface area (Å²) in [4.78, 5) is 12.1. The monoisotopic (exact) mass is 335 g/mol. The molecule has 0 aliphatic rings. The van der Waals surface area contributed by atoms with Crippen molar-refractivity contribution in [2.24, 2.45) is 15.9 Å². The molecule has 0 amide bonds. The van der Waals surface area contributed by atoms with Crippen LogP contribution in [0.3, 0.4) is 0 Å². The molecule has 0 aliphatic heterocycles. The first-order valence-electron chi connectivity index (χ1n) is 7.04. The van der Waals surface area contributed by atoms with Gasteiger partial charge in [0.2, 0.25) is 0 Å². The molecule has 0 bridgehead atoms. The molecule has 1 rings (SSSR count). The summed E-state index contributed by atoms with van der Waals surface area (Å²) in [5.74, 6) is -0.586. The molecule has 0 heterocycles. The van der Waals surface area contributed by atoms with Crippen LogP contribution in [0, 0.1) is 13.8 Å². The maximum atomic E-state index is 12.1. The molecule has 8 heteroatoms. The third-order valence-corrected chi connectivity index (χ3v) is 3.00. The summed E-state index contributed by atoms with van der Waals surface area (Å²) < 4.78 is 5.00. The van der Waals surface area contributed by atoms with Crippen molar-refractivity contribution in [2.75, 3.05) is 12.0 Å². The minimum atomic E-state index is -0.586. The fourth-order valence-electron chi connectivity index (χ4n) is 1.77. The van der Waals surface area contributed by atoms with Crippen LogP contribution in [0.15, 0.2) is 28.4 Å². The number of hydrogen-bond acceptors (Lipinski definition) is 6. The van der Waals surface area contributed by atoms with Gasteiger partial charge in [-0.05, 0) is 51.0 Å². The second kappa shape index (κ2) is 8.84. The van der Waals surface area contributed by atoms with Gasteiger partial charge in [0.25, 0.3) is 0 Å². The second-order valence-corrected chi connectivity index (χ2v) is 5.17. The van der Waals surface area contributed by atoms with Gasteiger partial charge in [0.05, 0.1) is 18.0 Å². The Morgan fingerprint density at radius 3 is 2.43 bits per heavy atom. The van der Waals surface area contributed by atoms with Crippen LogP contribution in [0.2, 0.25) is 0 Å². The molecule has 1 aromatic carbocycles. The lowest BCUT2D eigenvalue weighted by Gasteiger charge is -2.11. The number of nitrogens with zero attached hydrogens (tertiary/aromatic N) is 2. The molecular formula is C15H21N5O2S. The number of carbonyl (C=O) groups is 1. The maximum absolute atomic E-state index is 12.1. The van der Waals surface area contributed by atoms with Crippen molar-refractivity contribution in [3.63, 3.8) is 0 Å². The Bertz CT molecular complexity index is 635. The Balaban J connectivity index is 3.11. The zero-order chi connectivity index (χ0) is 17.4. The molecule has 0 fully saturated rings. The fourth-order valence-corrected chi connectivity index (χ4v) is 1.81. The Morgan fingerprint density at radius 2 is 1.91 bits per heavy atom. The number of esters is 1. The minimum absolute atomic E-state index is 0.00438. The largest absolute Gasteiger partial charge is 0.461 e. The molecule has 0 saturated heterocycles. The molecule has 0 aromatic heterocycles. The average molecular weight is 335 g/mol. The molecule has 0 aliphatic carbocycles. The summed E-state index contributed by atoms with van der Waals surface area (Å²) in [6.07, 6.45) is 0. The zero-order valence-electron chi connectivity index (χ0n) is 13.6. The van der Waals surface area contributed by atoms with Gasteiger partial charge >= 0.3 is 5.97 Å². The Hall–Kier alpha value is -2.48. The van der Waals surface area contributed by atoms with Gasteiger partial charge in [-0.15, -0.1) is 0 Å². The topological polar surface area (TPSA) is 101 Å². The van der Waals surface area contributed by atoms with Crippen LogP contribution in [-0.4, -0.2) is 29.1 Å². The van der Waals surface area contributed by atoms with Crippen molar-refractivity contribution in [3.8, 4) is 0 Å². The quantitative estimate of drug-likeness (QED) is 0.317. The molecule has 0 spiro atoms. The van der Waals surface area contributed by atoms with E-state index in [1.54, 1.807) is 13.8 Å². The highest BCUT2D eigenvalue weighted by atomic mass is 32.1. The number of thiocarbonyl (C=S) groups is 1. The van der Waals surface area contributed by atoms with E-state index in [-0.39, 0.29) is 17.4 Å². The average Bonchev–Trinajstić information content (AvgIpc) is 2.48. The lowest BCUT2D eigenvalue weighted by Crippen LogP contribution is -2.30. The molecule has 1 aromatic rings. The summed E-state index contributed by atoms with van der Waals surface area (Å²) in [5.41, 5.74) is 13.8. The van der Waals surface area contributed by atoms with Gasteiger partial charge in [-0.2, -0.15) is 10.2 Å². The lowest BCUT2D eigenvalue weighted by molar-refractivity contribution is -0.134. The van der Waals surface area contributed by atoms with Gasteiger partial charge in [0, 0.05) is 0 Å². The SMILES string of the molecule is CCOC(=O)C(=N/Nc1c(C)cccc1C)/C(C)=N\NC(N)=S. The van der Waals surface area contributed by atoms with Crippen LogP contribution in [0.4, 0.5) is 5.69 Å². The van der Waals surface area contributed by atoms with E-state index < -0.39 is 5.97 Å². The highest BCUT2D eigenvalue weighted by Crippen LogP contribution is 2.19. The summed E-state index contributed by atoms with van der Waals surface area (Å²) in [5, 5.41) is 8.06. The number of anilines is 1. The number of hydrazone groups is 2. The van der Waals surface area contributed by atoms with Crippen molar-refractivity contribution in [1.82, 2.24) is 5.43 Å². The number of benzene rings is 1. The first kappa shape index (κ1) is 18.6. The smallest absolute Gasteiger partial charge is 0.360 e. The van der Waals surface area contributed by atoms with Crippen LogP contribution < -0.4 is 16.6 Å². The van der Waals surface area contributed by atoms with Gasteiger partial charge in [-0.1, -0.05) is 18.2 Å². The normalized spacial score (nSPS) is 11.8. The van der Waals surface area contributed by atoms with E-state index in [0.29, 0.717) is 5.71 Å². The Morgan fingerprint density at radius 1 is 1.30 bits per heavy atom. The Labute approximate surface area is 141 Å². The number of aryl methyl sites for hydroxylation is 2. The van der Waals surface area contributed by atoms with Gasteiger partial charge in [-0.3, -0.25) is 10.9 Å². The molecule has 0 atom stereocenters. The highest BCUT2D eigenvalue weighted by molar-refractivity contribution is 7.80. The summed E-state index contributed by atoms with van der Waals surface area (Å²) >= 11 is 4.68. The van der Waals surface area contributed by atoms with Crippen LogP contribution in [0.25, 0.3) is 0 Å². The van der Waals surface area contributed by atoms with Crippen LogP contribution in [-0.2, 0) is 9.53 Å². The van der Waals surface area contributed by atoms with Gasteiger partial charge in [0.15, 0.2) is 10.8 Å². The first-order chi connectivity index (χ1) is 10.9. The van der Waals surface area contributed by atoms with Crippen LogP contribution in [0.5, 0.6) is 0 Å². The van der Waals surface area contributed by atoms with Crippen molar-refractivity contribution in [1.29, 1.82) is 0 Å². The zero-order valence-corrected chi connectivity index (χ0v) is 14.5. The molecular weight excluding hydrogens is 314 g/mol. The fraction of sp³-hybridized carbons (Fsp3) is 0.333. The van der Waals surface area contributed by atoms with E-state index in [1.807, 2.05) is 32.0 Å². The van der Waals surface area contributed by atoms with E-state index in [4.69, 9.17) is 10.5 Å². The van der Waals surface area contributed by atoms with E-state index in [2.05, 4.69) is 33.3 Å². The van der Waals surface area contributed by atoms with E-state index in [9.17, 15) is 4.79 Å². The van der Waals surface area contributed by atoms with Gasteiger partial charge in [-0.25, -0.2) is 4.79 Å². The predicted molar refractivity (Wildman–Crippen MR) is 96.6 cm³/mol. The number of nitrogens with one attached hydrogen (secondary N) is 2. The molecule has 7 nitrogen and oxygen atoms in total. The molecule has 0 unspecified atom stereocenters. The van der Waals surface area contributed by atoms with Crippen molar-refractivity contribution < 1.29 is 9.53 Å². The van der Waals surface area contributed by atoms with Gasteiger partial charge < -0.3 is 10.5 Å². The highest BCUT2D eigenvalue weighted by Gasteiger charge is 2.17. The molecule has 0 saturated carbocycles. The summed E-state index contributed by atoms with van der Waals surface area (Å²) in [6, 6.07) is 5.85.